The maximum absolute atomic E-state index is 12.1. The number of halogens is 1. The molecule has 5 heteroatoms. The van der Waals surface area contributed by atoms with Gasteiger partial charge in [0.1, 0.15) is 5.01 Å². The second-order valence-electron chi connectivity index (χ2n) is 4.48. The lowest BCUT2D eigenvalue weighted by atomic mass is 9.99. The summed E-state index contributed by atoms with van der Waals surface area (Å²) in [6.07, 6.45) is 2.63. The van der Waals surface area contributed by atoms with Crippen LogP contribution in [0.2, 0.25) is 0 Å². The maximum Gasteiger partial charge on any atom is 0.157 e. The van der Waals surface area contributed by atoms with E-state index in [1.165, 1.54) is 11.3 Å². The molecule has 0 fully saturated rings. The van der Waals surface area contributed by atoms with Crippen LogP contribution in [0.15, 0.2) is 34.2 Å². The number of nitriles is 1. The van der Waals surface area contributed by atoms with Crippen LogP contribution in [-0.2, 0) is 11.2 Å². The van der Waals surface area contributed by atoms with Crippen molar-refractivity contribution < 1.29 is 4.79 Å². The Balaban J connectivity index is 2.01. The molecule has 0 aliphatic rings. The zero-order valence-electron chi connectivity index (χ0n) is 11.0. The van der Waals surface area contributed by atoms with Gasteiger partial charge in [0.25, 0.3) is 0 Å². The number of benzene rings is 1. The number of rotatable bonds is 5. The Bertz CT molecular complexity index is 646. The zero-order chi connectivity index (χ0) is 14.5. The first kappa shape index (κ1) is 14.9. The predicted molar refractivity (Wildman–Crippen MR) is 82.7 cm³/mol. The highest BCUT2D eigenvalue weighted by atomic mass is 79.9. The Kier molecular flexibility index (Phi) is 5.05. The van der Waals surface area contributed by atoms with Crippen LogP contribution < -0.4 is 0 Å². The zero-order valence-corrected chi connectivity index (χ0v) is 13.4. The van der Waals surface area contributed by atoms with Gasteiger partial charge in [-0.15, -0.1) is 11.3 Å². The SMILES string of the molecule is Cc1cc(CCC(=O)C(C#N)c2nccs2)ccc1Br. The summed E-state index contributed by atoms with van der Waals surface area (Å²) in [4.78, 5) is 16.2. The summed E-state index contributed by atoms with van der Waals surface area (Å²) in [6.45, 7) is 2.02. The van der Waals surface area contributed by atoms with Gasteiger partial charge in [-0.1, -0.05) is 28.1 Å². The summed E-state index contributed by atoms with van der Waals surface area (Å²) in [5.74, 6) is -0.797. The van der Waals surface area contributed by atoms with Crippen LogP contribution >= 0.6 is 27.3 Å². The highest BCUT2D eigenvalue weighted by molar-refractivity contribution is 9.10. The molecule has 3 nitrogen and oxygen atoms in total. The molecule has 0 bridgehead atoms. The molecule has 1 aromatic carbocycles. The van der Waals surface area contributed by atoms with Crippen LogP contribution in [0.1, 0.15) is 28.5 Å². The topological polar surface area (TPSA) is 53.8 Å². The number of hydrogen-bond acceptors (Lipinski definition) is 4. The van der Waals surface area contributed by atoms with Gasteiger partial charge >= 0.3 is 0 Å². The Hall–Kier alpha value is -1.51. The van der Waals surface area contributed by atoms with Gasteiger partial charge in [0.15, 0.2) is 11.7 Å². The van der Waals surface area contributed by atoms with Crippen LogP contribution in [-0.4, -0.2) is 10.8 Å². The number of Topliss-reactive ketones (excluding diaryl/α,β-unsaturated/α-hetero) is 1. The molecule has 0 saturated heterocycles. The average molecular weight is 349 g/mol. The monoisotopic (exact) mass is 348 g/mol. The molecule has 102 valence electrons. The van der Waals surface area contributed by atoms with Gasteiger partial charge in [-0.3, -0.25) is 4.79 Å². The van der Waals surface area contributed by atoms with Crippen LogP contribution in [0.3, 0.4) is 0 Å². The number of aromatic nitrogens is 1. The number of ketones is 1. The van der Waals surface area contributed by atoms with Crippen LogP contribution in [0, 0.1) is 18.3 Å². The molecule has 20 heavy (non-hydrogen) atoms. The molecule has 2 rings (SSSR count). The second-order valence-corrected chi connectivity index (χ2v) is 6.26. The molecule has 1 heterocycles. The summed E-state index contributed by atoms with van der Waals surface area (Å²) in [5, 5.41) is 11.5. The highest BCUT2D eigenvalue weighted by Gasteiger charge is 2.22. The van der Waals surface area contributed by atoms with E-state index in [0.29, 0.717) is 17.8 Å². The lowest BCUT2D eigenvalue weighted by molar-refractivity contribution is -0.119. The Labute approximate surface area is 130 Å². The van der Waals surface area contributed by atoms with E-state index in [-0.39, 0.29) is 5.78 Å². The highest BCUT2D eigenvalue weighted by Crippen LogP contribution is 2.22. The number of nitrogens with zero attached hydrogens (tertiary/aromatic N) is 2. The molecule has 0 aliphatic carbocycles. The van der Waals surface area contributed by atoms with Crippen molar-refractivity contribution in [2.75, 3.05) is 0 Å². The van der Waals surface area contributed by atoms with E-state index in [4.69, 9.17) is 5.26 Å². The van der Waals surface area contributed by atoms with Crippen molar-refractivity contribution in [1.82, 2.24) is 4.98 Å². The number of thiazole rings is 1. The largest absolute Gasteiger partial charge is 0.298 e. The summed E-state index contributed by atoms with van der Waals surface area (Å²) in [5.41, 5.74) is 2.25. The fourth-order valence-electron chi connectivity index (χ4n) is 1.92. The maximum atomic E-state index is 12.1. The molecule has 1 aromatic heterocycles. The van der Waals surface area contributed by atoms with Gasteiger partial charge in [0, 0.05) is 22.5 Å². The number of aryl methyl sites for hydroxylation is 2. The standard InChI is InChI=1S/C15H13BrN2OS/c1-10-8-11(2-4-13(10)16)3-5-14(19)12(9-17)15-18-6-7-20-15/h2,4,6-8,12H,3,5H2,1H3. The smallest absolute Gasteiger partial charge is 0.157 e. The van der Waals surface area contributed by atoms with Gasteiger partial charge in [0.05, 0.1) is 6.07 Å². The quantitative estimate of drug-likeness (QED) is 0.819. The Morgan fingerprint density at radius 2 is 2.35 bits per heavy atom. The molecule has 0 spiro atoms. The van der Waals surface area contributed by atoms with Gasteiger partial charge in [-0.2, -0.15) is 5.26 Å². The molecule has 0 radical (unpaired) electrons. The van der Waals surface area contributed by atoms with E-state index < -0.39 is 5.92 Å². The minimum atomic E-state index is -0.730. The van der Waals surface area contributed by atoms with Gasteiger partial charge in [-0.25, -0.2) is 4.98 Å². The van der Waals surface area contributed by atoms with Crippen molar-refractivity contribution in [3.63, 3.8) is 0 Å². The normalized spacial score (nSPS) is 11.8. The lowest BCUT2D eigenvalue weighted by Crippen LogP contribution is -2.11. The number of carbonyl (C=O) groups is 1. The minimum Gasteiger partial charge on any atom is -0.298 e. The van der Waals surface area contributed by atoms with Crippen molar-refractivity contribution in [2.45, 2.75) is 25.7 Å². The summed E-state index contributed by atoms with van der Waals surface area (Å²) < 4.78 is 1.06. The molecule has 1 atom stereocenters. The average Bonchev–Trinajstić information content (AvgIpc) is 2.95. The second kappa shape index (κ2) is 6.78. The molecule has 1 unspecified atom stereocenters. The number of hydrogen-bond donors (Lipinski definition) is 0. The fraction of sp³-hybridized carbons (Fsp3) is 0.267. The fourth-order valence-corrected chi connectivity index (χ4v) is 2.87. The van der Waals surface area contributed by atoms with Crippen LogP contribution in [0.25, 0.3) is 0 Å². The predicted octanol–water partition coefficient (Wildman–Crippen LogP) is 4.02. The molecule has 2 aromatic rings. The Morgan fingerprint density at radius 1 is 1.55 bits per heavy atom. The molecule has 0 saturated carbocycles. The summed E-state index contributed by atoms with van der Waals surface area (Å²) >= 11 is 4.80. The van der Waals surface area contributed by atoms with Crippen LogP contribution in [0.5, 0.6) is 0 Å². The van der Waals surface area contributed by atoms with Crippen molar-refractivity contribution in [3.8, 4) is 6.07 Å². The third kappa shape index (κ3) is 3.53. The summed E-state index contributed by atoms with van der Waals surface area (Å²) in [7, 11) is 0. The van der Waals surface area contributed by atoms with E-state index in [0.717, 1.165) is 15.6 Å². The van der Waals surface area contributed by atoms with Crippen LogP contribution in [0.4, 0.5) is 0 Å². The van der Waals surface area contributed by atoms with Gasteiger partial charge in [0.2, 0.25) is 0 Å². The molecule has 0 N–H and O–H groups in total. The van der Waals surface area contributed by atoms with Crippen molar-refractivity contribution in [3.05, 3.63) is 50.4 Å². The van der Waals surface area contributed by atoms with E-state index >= 15 is 0 Å². The van der Waals surface area contributed by atoms with Crippen molar-refractivity contribution in [2.24, 2.45) is 0 Å². The number of carbonyl (C=O) groups excluding carboxylic acids is 1. The van der Waals surface area contributed by atoms with Gasteiger partial charge < -0.3 is 0 Å². The lowest BCUT2D eigenvalue weighted by Gasteiger charge is -2.06. The molecule has 0 amide bonds. The van der Waals surface area contributed by atoms with Gasteiger partial charge in [-0.05, 0) is 30.5 Å². The first-order valence-electron chi connectivity index (χ1n) is 6.18. The van der Waals surface area contributed by atoms with Crippen molar-refractivity contribution in [1.29, 1.82) is 5.26 Å². The minimum absolute atomic E-state index is 0.0666. The third-order valence-corrected chi connectivity index (χ3v) is 4.76. The molecule has 0 aliphatic heterocycles. The third-order valence-electron chi connectivity index (χ3n) is 3.03. The van der Waals surface area contributed by atoms with E-state index in [1.807, 2.05) is 19.1 Å². The Morgan fingerprint density at radius 3 is 2.95 bits per heavy atom. The summed E-state index contributed by atoms with van der Waals surface area (Å²) in [6, 6.07) is 8.09. The van der Waals surface area contributed by atoms with E-state index in [9.17, 15) is 4.79 Å². The first-order valence-corrected chi connectivity index (χ1v) is 7.86. The molecular weight excluding hydrogens is 336 g/mol. The van der Waals surface area contributed by atoms with Crippen molar-refractivity contribution >= 4 is 33.0 Å². The van der Waals surface area contributed by atoms with E-state index in [2.05, 4.69) is 33.0 Å². The first-order chi connectivity index (χ1) is 9.61. The molecular formula is C15H13BrN2OS. The van der Waals surface area contributed by atoms with E-state index in [1.54, 1.807) is 11.6 Å².